The van der Waals surface area contributed by atoms with E-state index < -0.39 is 17.8 Å². The molecule has 0 saturated carbocycles. The molecular weight excluding hydrogens is 326 g/mol. The molecule has 25 heavy (non-hydrogen) atoms. The minimum Gasteiger partial charge on any atom is -0.469 e. The number of para-hydroxylation sites is 1. The fraction of sp³-hybridized carbons (Fsp3) is 0.294. The van der Waals surface area contributed by atoms with Gasteiger partial charge in [0.15, 0.2) is 0 Å². The van der Waals surface area contributed by atoms with Gasteiger partial charge in [0.05, 0.1) is 31.4 Å². The number of nitrogens with zero attached hydrogens (tertiary/aromatic N) is 1. The first-order valence-corrected chi connectivity index (χ1v) is 7.51. The molecule has 0 radical (unpaired) electrons. The number of nitriles is 1. The number of methoxy groups -OCH3 is 1. The van der Waals surface area contributed by atoms with Crippen molar-refractivity contribution < 1.29 is 23.9 Å². The molecule has 0 heterocycles. The third-order valence-corrected chi connectivity index (χ3v) is 2.98. The number of rotatable bonds is 8. The Hall–Kier alpha value is -3.34. The highest BCUT2D eigenvalue weighted by Gasteiger charge is 2.16. The Morgan fingerprint density at radius 3 is 2.64 bits per heavy atom. The molecular formula is C17H19N3O5. The van der Waals surface area contributed by atoms with E-state index in [9.17, 15) is 14.4 Å². The van der Waals surface area contributed by atoms with Gasteiger partial charge in [-0.05, 0) is 19.1 Å². The van der Waals surface area contributed by atoms with Gasteiger partial charge in [-0.25, -0.2) is 4.79 Å². The summed E-state index contributed by atoms with van der Waals surface area (Å²) in [6.07, 6.45) is 1.30. The van der Waals surface area contributed by atoms with Gasteiger partial charge in [-0.2, -0.15) is 5.26 Å². The average molecular weight is 345 g/mol. The monoisotopic (exact) mass is 345 g/mol. The van der Waals surface area contributed by atoms with E-state index in [4.69, 9.17) is 10.00 Å². The molecule has 0 atom stereocenters. The highest BCUT2D eigenvalue weighted by atomic mass is 16.5. The molecule has 1 rings (SSSR count). The Morgan fingerprint density at radius 2 is 2.00 bits per heavy atom. The lowest BCUT2D eigenvalue weighted by Gasteiger charge is -2.10. The fourth-order valence-electron chi connectivity index (χ4n) is 1.77. The number of hydrogen-bond donors (Lipinski definition) is 2. The van der Waals surface area contributed by atoms with E-state index in [0.29, 0.717) is 0 Å². The lowest BCUT2D eigenvalue weighted by atomic mass is 10.1. The third kappa shape index (κ3) is 6.35. The predicted octanol–water partition coefficient (Wildman–Crippen LogP) is 1.36. The molecule has 0 aliphatic heterocycles. The normalized spacial score (nSPS) is 10.4. The van der Waals surface area contributed by atoms with Crippen molar-refractivity contribution in [2.75, 3.05) is 25.6 Å². The number of carbonyl (C=O) groups is 3. The van der Waals surface area contributed by atoms with Crippen LogP contribution in [0.25, 0.3) is 0 Å². The molecule has 132 valence electrons. The van der Waals surface area contributed by atoms with E-state index >= 15 is 0 Å². The van der Waals surface area contributed by atoms with E-state index in [-0.39, 0.29) is 36.4 Å². The Balaban J connectivity index is 2.78. The summed E-state index contributed by atoms with van der Waals surface area (Å²) < 4.78 is 9.40. The fourth-order valence-corrected chi connectivity index (χ4v) is 1.77. The van der Waals surface area contributed by atoms with Crippen molar-refractivity contribution in [2.24, 2.45) is 0 Å². The molecule has 0 spiro atoms. The molecule has 1 aromatic carbocycles. The smallest absolute Gasteiger partial charge is 0.340 e. The minimum atomic E-state index is -0.690. The number of anilines is 1. The molecule has 8 heteroatoms. The van der Waals surface area contributed by atoms with Crippen LogP contribution in [0.3, 0.4) is 0 Å². The summed E-state index contributed by atoms with van der Waals surface area (Å²) in [6.45, 7) is 2.09. The summed E-state index contributed by atoms with van der Waals surface area (Å²) in [5.74, 6) is -1.67. The molecule has 8 nitrogen and oxygen atoms in total. The molecule has 0 saturated heterocycles. The Bertz CT molecular complexity index is 706. The van der Waals surface area contributed by atoms with Crippen LogP contribution in [0.1, 0.15) is 23.7 Å². The van der Waals surface area contributed by atoms with Crippen molar-refractivity contribution in [3.63, 3.8) is 0 Å². The zero-order valence-corrected chi connectivity index (χ0v) is 14.0. The summed E-state index contributed by atoms with van der Waals surface area (Å²) in [5.41, 5.74) is 0.221. The Morgan fingerprint density at radius 1 is 1.28 bits per heavy atom. The zero-order chi connectivity index (χ0) is 18.7. The van der Waals surface area contributed by atoms with Crippen molar-refractivity contribution in [3.8, 4) is 6.07 Å². The van der Waals surface area contributed by atoms with Gasteiger partial charge in [-0.3, -0.25) is 9.59 Å². The number of esters is 2. The minimum absolute atomic E-state index is 0.0962. The summed E-state index contributed by atoms with van der Waals surface area (Å²) in [4.78, 5) is 35.0. The van der Waals surface area contributed by atoms with Crippen LogP contribution >= 0.6 is 0 Å². The molecule has 1 amide bonds. The van der Waals surface area contributed by atoms with Crippen LogP contribution in [-0.2, 0) is 19.1 Å². The lowest BCUT2D eigenvalue weighted by molar-refractivity contribution is -0.140. The first kappa shape index (κ1) is 19.7. The molecule has 0 aromatic heterocycles. The van der Waals surface area contributed by atoms with Crippen LogP contribution in [0.2, 0.25) is 0 Å². The number of carbonyl (C=O) groups excluding carboxylic acids is 3. The van der Waals surface area contributed by atoms with Crippen LogP contribution in [0, 0.1) is 11.3 Å². The topological polar surface area (TPSA) is 118 Å². The second-order valence-electron chi connectivity index (χ2n) is 4.67. The second kappa shape index (κ2) is 10.4. The van der Waals surface area contributed by atoms with E-state index in [1.807, 2.05) is 0 Å². The first-order chi connectivity index (χ1) is 12.0. The van der Waals surface area contributed by atoms with Gasteiger partial charge < -0.3 is 20.1 Å². The van der Waals surface area contributed by atoms with E-state index in [2.05, 4.69) is 15.4 Å². The number of benzene rings is 1. The second-order valence-corrected chi connectivity index (χ2v) is 4.67. The highest BCUT2D eigenvalue weighted by molar-refractivity contribution is 6.09. The van der Waals surface area contributed by atoms with E-state index in [1.54, 1.807) is 25.1 Å². The van der Waals surface area contributed by atoms with Crippen molar-refractivity contribution >= 4 is 23.5 Å². The molecule has 0 unspecified atom stereocenters. The van der Waals surface area contributed by atoms with Crippen LogP contribution in [0.15, 0.2) is 36.0 Å². The highest BCUT2D eigenvalue weighted by Crippen LogP contribution is 2.17. The number of hydrogen-bond acceptors (Lipinski definition) is 7. The van der Waals surface area contributed by atoms with Gasteiger partial charge >= 0.3 is 11.9 Å². The quantitative estimate of drug-likeness (QED) is 0.316. The molecule has 0 aliphatic carbocycles. The number of ether oxygens (including phenoxy) is 2. The molecule has 0 fully saturated rings. The van der Waals surface area contributed by atoms with Gasteiger partial charge in [-0.15, -0.1) is 0 Å². The maximum atomic E-state index is 12.2. The SMILES string of the molecule is CCOC(=O)c1ccccc1NC(=O)/C(C#N)=C\NCCC(=O)OC. The molecule has 0 bridgehead atoms. The van der Waals surface area contributed by atoms with Gasteiger partial charge in [-0.1, -0.05) is 12.1 Å². The first-order valence-electron chi connectivity index (χ1n) is 7.51. The average Bonchev–Trinajstić information content (AvgIpc) is 2.62. The Kier molecular flexibility index (Phi) is 8.23. The number of nitrogens with one attached hydrogen (secondary N) is 2. The number of amides is 1. The van der Waals surface area contributed by atoms with Gasteiger partial charge in [0.2, 0.25) is 0 Å². The lowest BCUT2D eigenvalue weighted by Crippen LogP contribution is -2.20. The summed E-state index contributed by atoms with van der Waals surface area (Å²) in [5, 5.41) is 14.3. The molecule has 2 N–H and O–H groups in total. The van der Waals surface area contributed by atoms with Crippen LogP contribution < -0.4 is 10.6 Å². The van der Waals surface area contributed by atoms with Gasteiger partial charge in [0, 0.05) is 12.7 Å². The maximum Gasteiger partial charge on any atom is 0.340 e. The third-order valence-electron chi connectivity index (χ3n) is 2.98. The Labute approximate surface area is 145 Å². The van der Waals surface area contributed by atoms with Crippen molar-refractivity contribution in [1.82, 2.24) is 5.32 Å². The van der Waals surface area contributed by atoms with Gasteiger partial charge in [0.1, 0.15) is 11.6 Å². The van der Waals surface area contributed by atoms with Gasteiger partial charge in [0.25, 0.3) is 5.91 Å². The molecule has 0 aliphatic rings. The van der Waals surface area contributed by atoms with Crippen LogP contribution in [0.4, 0.5) is 5.69 Å². The summed E-state index contributed by atoms with van der Waals surface area (Å²) in [7, 11) is 1.27. The zero-order valence-electron chi connectivity index (χ0n) is 14.0. The van der Waals surface area contributed by atoms with Crippen molar-refractivity contribution in [3.05, 3.63) is 41.6 Å². The standard InChI is InChI=1S/C17H19N3O5/c1-3-25-17(23)13-6-4-5-7-14(13)20-16(22)12(10-18)11-19-9-8-15(21)24-2/h4-7,11,19H,3,8-9H2,1-2H3,(H,20,22)/b12-11-. The molecule has 1 aromatic rings. The maximum absolute atomic E-state index is 12.2. The van der Waals surface area contributed by atoms with Crippen molar-refractivity contribution in [1.29, 1.82) is 5.26 Å². The largest absolute Gasteiger partial charge is 0.469 e. The van der Waals surface area contributed by atoms with E-state index in [1.165, 1.54) is 25.4 Å². The predicted molar refractivity (Wildman–Crippen MR) is 89.4 cm³/mol. The van der Waals surface area contributed by atoms with Crippen LogP contribution in [-0.4, -0.2) is 38.1 Å². The van der Waals surface area contributed by atoms with Crippen molar-refractivity contribution in [2.45, 2.75) is 13.3 Å². The van der Waals surface area contributed by atoms with E-state index in [0.717, 1.165) is 0 Å². The van der Waals surface area contributed by atoms with Crippen LogP contribution in [0.5, 0.6) is 0 Å². The summed E-state index contributed by atoms with van der Waals surface area (Å²) >= 11 is 0. The summed E-state index contributed by atoms with van der Waals surface area (Å²) in [6, 6.07) is 8.07.